The Morgan fingerprint density at radius 1 is 1.36 bits per heavy atom. The number of alkyl halides is 2. The van der Waals surface area contributed by atoms with Crippen LogP contribution in [0.25, 0.3) is 11.0 Å². The van der Waals surface area contributed by atoms with Gasteiger partial charge < -0.3 is 4.74 Å². The first kappa shape index (κ1) is 16.3. The summed E-state index contributed by atoms with van der Waals surface area (Å²) in [4.78, 5) is 19.2. The molecule has 2 aliphatic rings. The number of halogens is 2. The highest BCUT2D eigenvalue weighted by Gasteiger charge is 2.58. The van der Waals surface area contributed by atoms with Crippen LogP contribution >= 0.6 is 0 Å². The first-order chi connectivity index (χ1) is 11.7. The third kappa shape index (κ3) is 2.40. The van der Waals surface area contributed by atoms with E-state index in [2.05, 4.69) is 9.72 Å². The molecular weight excluding hydrogens is 328 g/mol. The van der Waals surface area contributed by atoms with E-state index >= 15 is 0 Å². The van der Waals surface area contributed by atoms with Crippen LogP contribution in [0, 0.1) is 5.41 Å². The highest BCUT2D eigenvalue weighted by atomic mass is 19.3. The normalized spacial score (nSPS) is 18.2. The van der Waals surface area contributed by atoms with Crippen molar-refractivity contribution < 1.29 is 18.3 Å². The number of amides is 1. The maximum atomic E-state index is 12.9. The minimum absolute atomic E-state index is 0.0686. The number of fused-ring (bicyclic) bond motifs is 4. The zero-order valence-electron chi connectivity index (χ0n) is 14.6. The largest absolute Gasteiger partial charge is 0.435 e. The SMILES string of the molecule is CC(C)(C)CC(=O)N1c2nc3ccc(OC(F)F)cc3n2C12CCC2. The van der Waals surface area contributed by atoms with Crippen LogP contribution in [0.4, 0.5) is 14.7 Å². The number of benzene rings is 1. The van der Waals surface area contributed by atoms with Gasteiger partial charge in [0.1, 0.15) is 11.4 Å². The zero-order valence-corrected chi connectivity index (χ0v) is 14.6. The standard InChI is InChI=1S/C18H21F2N3O2/c1-17(2,3)10-14(24)23-16-21-12-6-5-11(25-15(19)20)9-13(12)22(16)18(23)7-4-8-18/h5-6,9,15H,4,7-8,10H2,1-3H3. The van der Waals surface area contributed by atoms with Gasteiger partial charge in [0.15, 0.2) is 0 Å². The van der Waals surface area contributed by atoms with Gasteiger partial charge in [0.05, 0.1) is 11.0 Å². The molecule has 4 rings (SSSR count). The summed E-state index contributed by atoms with van der Waals surface area (Å²) in [6.45, 7) is 3.25. The van der Waals surface area contributed by atoms with Crippen molar-refractivity contribution in [3.05, 3.63) is 18.2 Å². The second kappa shape index (κ2) is 5.16. The molecule has 1 aromatic carbocycles. The Balaban J connectivity index is 1.76. The molecule has 2 heterocycles. The molecule has 0 unspecified atom stereocenters. The molecule has 1 aliphatic carbocycles. The Bertz CT molecular complexity index is 850. The molecule has 25 heavy (non-hydrogen) atoms. The number of hydrogen-bond acceptors (Lipinski definition) is 3. The number of ether oxygens (including phenoxy) is 1. The van der Waals surface area contributed by atoms with Crippen LogP contribution in [0.2, 0.25) is 0 Å². The van der Waals surface area contributed by atoms with Gasteiger partial charge in [0, 0.05) is 12.5 Å². The zero-order chi connectivity index (χ0) is 18.0. The van der Waals surface area contributed by atoms with E-state index in [0.29, 0.717) is 17.9 Å². The Labute approximate surface area is 144 Å². The van der Waals surface area contributed by atoms with Crippen LogP contribution in [0.5, 0.6) is 5.75 Å². The number of carbonyl (C=O) groups is 1. The van der Waals surface area contributed by atoms with E-state index in [4.69, 9.17) is 0 Å². The van der Waals surface area contributed by atoms with Crippen LogP contribution in [-0.4, -0.2) is 22.1 Å². The van der Waals surface area contributed by atoms with Gasteiger partial charge in [-0.2, -0.15) is 8.78 Å². The van der Waals surface area contributed by atoms with Gasteiger partial charge in [-0.1, -0.05) is 20.8 Å². The highest BCUT2D eigenvalue weighted by molar-refractivity contribution is 5.99. The summed E-state index contributed by atoms with van der Waals surface area (Å²) >= 11 is 0. The first-order valence-electron chi connectivity index (χ1n) is 8.52. The van der Waals surface area contributed by atoms with Crippen molar-refractivity contribution in [2.45, 2.75) is 58.7 Å². The molecule has 2 aromatic rings. The second-order valence-corrected chi connectivity index (χ2v) is 8.08. The number of carbonyl (C=O) groups excluding carboxylic acids is 1. The molecule has 0 radical (unpaired) electrons. The molecule has 7 heteroatoms. The van der Waals surface area contributed by atoms with Crippen LogP contribution in [0.15, 0.2) is 18.2 Å². The quantitative estimate of drug-likeness (QED) is 0.832. The molecule has 1 saturated carbocycles. The van der Waals surface area contributed by atoms with Crippen LogP contribution < -0.4 is 9.64 Å². The van der Waals surface area contributed by atoms with E-state index < -0.39 is 6.61 Å². The van der Waals surface area contributed by atoms with E-state index in [1.807, 2.05) is 30.2 Å². The maximum Gasteiger partial charge on any atom is 0.387 e. The van der Waals surface area contributed by atoms with Crippen molar-refractivity contribution >= 4 is 22.9 Å². The van der Waals surface area contributed by atoms with Crippen molar-refractivity contribution in [2.24, 2.45) is 5.41 Å². The fourth-order valence-electron chi connectivity index (χ4n) is 3.84. The van der Waals surface area contributed by atoms with E-state index in [0.717, 1.165) is 24.8 Å². The molecule has 1 spiro atoms. The molecule has 0 saturated heterocycles. The molecule has 134 valence electrons. The molecular formula is C18H21F2N3O2. The Morgan fingerprint density at radius 2 is 2.08 bits per heavy atom. The predicted octanol–water partition coefficient (Wildman–Crippen LogP) is 4.26. The fraction of sp³-hybridized carbons (Fsp3) is 0.556. The average Bonchev–Trinajstić information content (AvgIpc) is 2.69. The fourth-order valence-corrected chi connectivity index (χ4v) is 3.84. The lowest BCUT2D eigenvalue weighted by atomic mass is 9.79. The smallest absolute Gasteiger partial charge is 0.387 e. The molecule has 5 nitrogen and oxygen atoms in total. The van der Waals surface area contributed by atoms with E-state index in [9.17, 15) is 13.6 Å². The Hall–Kier alpha value is -2.18. The first-order valence-corrected chi connectivity index (χ1v) is 8.52. The van der Waals surface area contributed by atoms with Gasteiger partial charge in [0.2, 0.25) is 11.9 Å². The van der Waals surface area contributed by atoms with Crippen molar-refractivity contribution in [1.82, 2.24) is 9.55 Å². The van der Waals surface area contributed by atoms with E-state index in [1.165, 1.54) is 6.07 Å². The lowest BCUT2D eigenvalue weighted by Crippen LogP contribution is -2.66. The van der Waals surface area contributed by atoms with Gasteiger partial charge in [0.25, 0.3) is 0 Å². The van der Waals surface area contributed by atoms with E-state index in [1.54, 1.807) is 12.1 Å². The number of hydrogen-bond donors (Lipinski definition) is 0. The van der Waals surface area contributed by atoms with Gasteiger partial charge in [-0.25, -0.2) is 4.98 Å². The van der Waals surface area contributed by atoms with Crippen molar-refractivity contribution in [1.29, 1.82) is 0 Å². The van der Waals surface area contributed by atoms with Crippen molar-refractivity contribution in [3.8, 4) is 5.75 Å². The number of anilines is 1. The number of imidazole rings is 1. The van der Waals surface area contributed by atoms with E-state index in [-0.39, 0.29) is 22.7 Å². The van der Waals surface area contributed by atoms with Gasteiger partial charge in [-0.05, 0) is 36.8 Å². The molecule has 1 fully saturated rings. The maximum absolute atomic E-state index is 12.9. The van der Waals surface area contributed by atoms with Crippen LogP contribution in [-0.2, 0) is 10.5 Å². The average molecular weight is 349 g/mol. The Morgan fingerprint density at radius 3 is 2.64 bits per heavy atom. The summed E-state index contributed by atoms with van der Waals surface area (Å²) < 4.78 is 31.5. The summed E-state index contributed by atoms with van der Waals surface area (Å²) in [5.74, 6) is 0.788. The van der Waals surface area contributed by atoms with Gasteiger partial charge in [-0.15, -0.1) is 0 Å². The minimum atomic E-state index is -2.86. The molecule has 1 amide bonds. The second-order valence-electron chi connectivity index (χ2n) is 8.08. The molecule has 0 bridgehead atoms. The van der Waals surface area contributed by atoms with Crippen molar-refractivity contribution in [2.75, 3.05) is 4.90 Å². The monoisotopic (exact) mass is 349 g/mol. The third-order valence-electron chi connectivity index (χ3n) is 4.95. The number of aromatic nitrogens is 2. The lowest BCUT2D eigenvalue weighted by molar-refractivity contribution is -0.125. The molecule has 0 N–H and O–H groups in total. The topological polar surface area (TPSA) is 47.4 Å². The van der Waals surface area contributed by atoms with Gasteiger partial charge in [-0.3, -0.25) is 14.3 Å². The summed E-state index contributed by atoms with van der Waals surface area (Å²) in [6, 6.07) is 4.73. The van der Waals surface area contributed by atoms with Crippen molar-refractivity contribution in [3.63, 3.8) is 0 Å². The molecule has 0 atom stereocenters. The third-order valence-corrected chi connectivity index (χ3v) is 4.95. The summed E-state index contributed by atoms with van der Waals surface area (Å²) in [5, 5.41) is 0. The summed E-state index contributed by atoms with van der Waals surface area (Å²) in [5.41, 5.74) is 0.949. The van der Waals surface area contributed by atoms with Gasteiger partial charge >= 0.3 is 6.61 Å². The lowest BCUT2D eigenvalue weighted by Gasteiger charge is -2.58. The summed E-state index contributed by atoms with van der Waals surface area (Å²) in [7, 11) is 0. The summed E-state index contributed by atoms with van der Waals surface area (Å²) in [6.07, 6.45) is 3.20. The minimum Gasteiger partial charge on any atom is -0.435 e. The van der Waals surface area contributed by atoms with Crippen LogP contribution in [0.3, 0.4) is 0 Å². The molecule has 1 aliphatic heterocycles. The number of nitrogens with zero attached hydrogens (tertiary/aromatic N) is 3. The number of rotatable bonds is 3. The predicted molar refractivity (Wildman–Crippen MR) is 89.7 cm³/mol. The van der Waals surface area contributed by atoms with Crippen LogP contribution in [0.1, 0.15) is 46.5 Å². The molecule has 1 aromatic heterocycles. The highest BCUT2D eigenvalue weighted by Crippen LogP contribution is 2.55. The Kier molecular flexibility index (Phi) is 3.36.